The molecule has 0 saturated heterocycles. The number of ether oxygens (including phenoxy) is 2. The molecule has 0 aliphatic heterocycles. The first-order valence-electron chi connectivity index (χ1n) is 9.51. The lowest BCUT2D eigenvalue weighted by Gasteiger charge is -2.23. The van der Waals surface area contributed by atoms with Crippen molar-refractivity contribution in [3.8, 4) is 6.07 Å². The summed E-state index contributed by atoms with van der Waals surface area (Å²) in [5.74, 6) is -1.48. The lowest BCUT2D eigenvalue weighted by molar-refractivity contribution is -0.118. The van der Waals surface area contributed by atoms with E-state index in [9.17, 15) is 19.6 Å². The molecule has 1 aromatic heterocycles. The number of hydrogen-bond donors (Lipinski definition) is 2. The Bertz CT molecular complexity index is 999. The first kappa shape index (κ1) is 23.5. The molecule has 2 rings (SSSR count). The van der Waals surface area contributed by atoms with Crippen molar-refractivity contribution in [2.75, 3.05) is 12.4 Å². The fourth-order valence-electron chi connectivity index (χ4n) is 2.80. The van der Waals surface area contributed by atoms with E-state index in [0.29, 0.717) is 0 Å². The van der Waals surface area contributed by atoms with E-state index >= 15 is 0 Å². The number of nitrogens with zero attached hydrogens (tertiary/aromatic N) is 1. The maximum atomic E-state index is 13.0. The second-order valence-electron chi connectivity index (χ2n) is 7.72. The molecule has 2 amide bonds. The normalized spacial score (nSPS) is 11.7. The Morgan fingerprint density at radius 1 is 1.19 bits per heavy atom. The van der Waals surface area contributed by atoms with Crippen LogP contribution in [0.5, 0.6) is 0 Å². The quantitative estimate of drug-likeness (QED) is 0.676. The molecular weight excluding hydrogens is 402 g/mol. The van der Waals surface area contributed by atoms with E-state index in [4.69, 9.17) is 9.15 Å². The van der Waals surface area contributed by atoms with Gasteiger partial charge in [-0.3, -0.25) is 10.1 Å². The molecular formula is C22H25N3O6. The van der Waals surface area contributed by atoms with Gasteiger partial charge in [0.05, 0.1) is 7.11 Å². The first-order chi connectivity index (χ1) is 14.6. The lowest BCUT2D eigenvalue weighted by atomic mass is 10.1. The molecule has 2 aromatic rings. The molecule has 0 bridgehead atoms. The van der Waals surface area contributed by atoms with Gasteiger partial charge in [-0.25, -0.2) is 9.59 Å². The highest BCUT2D eigenvalue weighted by molar-refractivity contribution is 6.00. The number of amides is 2. The van der Waals surface area contributed by atoms with Gasteiger partial charge in [0.25, 0.3) is 0 Å². The zero-order chi connectivity index (χ0) is 23.2. The Labute approximate surface area is 180 Å². The molecule has 0 aliphatic rings. The van der Waals surface area contributed by atoms with Crippen LogP contribution in [0.2, 0.25) is 0 Å². The van der Waals surface area contributed by atoms with E-state index < -0.39 is 29.6 Å². The number of methoxy groups -OCH3 is 1. The van der Waals surface area contributed by atoms with Gasteiger partial charge in [0.1, 0.15) is 34.6 Å². The van der Waals surface area contributed by atoms with E-state index in [2.05, 4.69) is 15.4 Å². The van der Waals surface area contributed by atoms with Crippen LogP contribution >= 0.6 is 0 Å². The summed E-state index contributed by atoms with van der Waals surface area (Å²) in [6.07, 6.45) is -0.605. The van der Waals surface area contributed by atoms with Crippen molar-refractivity contribution < 1.29 is 28.3 Å². The van der Waals surface area contributed by atoms with Gasteiger partial charge in [0.15, 0.2) is 0 Å². The Kier molecular flexibility index (Phi) is 7.42. The minimum Gasteiger partial charge on any atom is -0.465 e. The number of carbonyl (C=O) groups excluding carboxylic acids is 3. The van der Waals surface area contributed by atoms with Crippen LogP contribution in [0.4, 0.5) is 10.7 Å². The maximum absolute atomic E-state index is 13.0. The summed E-state index contributed by atoms with van der Waals surface area (Å²) in [7, 11) is 1.18. The van der Waals surface area contributed by atoms with Gasteiger partial charge in [-0.15, -0.1) is 0 Å². The van der Waals surface area contributed by atoms with Gasteiger partial charge in [0, 0.05) is 6.42 Å². The van der Waals surface area contributed by atoms with Crippen LogP contribution in [-0.4, -0.2) is 36.7 Å². The van der Waals surface area contributed by atoms with E-state index in [0.717, 1.165) is 5.56 Å². The minimum atomic E-state index is -1.03. The number of furan rings is 1. The highest BCUT2D eigenvalue weighted by Gasteiger charge is 2.29. The molecule has 31 heavy (non-hydrogen) atoms. The van der Waals surface area contributed by atoms with Crippen LogP contribution in [-0.2, 0) is 20.7 Å². The fraction of sp³-hybridized carbons (Fsp3) is 0.364. The third-order valence-corrected chi connectivity index (χ3v) is 4.11. The molecule has 0 aliphatic carbocycles. The van der Waals surface area contributed by atoms with Gasteiger partial charge in [-0.05, 0) is 33.3 Å². The number of alkyl carbamates (subject to hydrolysis) is 1. The average molecular weight is 427 g/mol. The molecule has 0 fully saturated rings. The second-order valence-corrected chi connectivity index (χ2v) is 7.72. The number of nitrogens with one attached hydrogen (secondary N) is 2. The number of esters is 1. The monoisotopic (exact) mass is 427 g/mol. The summed E-state index contributed by atoms with van der Waals surface area (Å²) in [4.78, 5) is 37.2. The molecule has 1 atom stereocenters. The van der Waals surface area contributed by atoms with Crippen molar-refractivity contribution >= 4 is 23.9 Å². The summed E-state index contributed by atoms with van der Waals surface area (Å²) in [6.45, 7) is 6.59. The lowest BCUT2D eigenvalue weighted by Crippen LogP contribution is -2.47. The SMILES string of the molecule is COC(=O)c1c(C)oc(NC(=O)C(Cc2ccccc2)NC(=O)OC(C)(C)C)c1C#N. The molecule has 1 unspecified atom stereocenters. The summed E-state index contributed by atoms with van der Waals surface area (Å²) >= 11 is 0. The van der Waals surface area contributed by atoms with Gasteiger partial charge >= 0.3 is 12.1 Å². The summed E-state index contributed by atoms with van der Waals surface area (Å²) < 4.78 is 15.3. The van der Waals surface area contributed by atoms with Gasteiger partial charge in [-0.1, -0.05) is 30.3 Å². The third-order valence-electron chi connectivity index (χ3n) is 4.11. The number of aryl methyl sites for hydroxylation is 1. The summed E-state index contributed by atoms with van der Waals surface area (Å²) in [5, 5.41) is 14.5. The molecule has 0 spiro atoms. The highest BCUT2D eigenvalue weighted by Crippen LogP contribution is 2.27. The summed E-state index contributed by atoms with van der Waals surface area (Å²) in [6, 6.07) is 9.88. The number of benzene rings is 1. The van der Waals surface area contributed by atoms with Crippen LogP contribution in [0, 0.1) is 18.3 Å². The number of rotatable bonds is 6. The van der Waals surface area contributed by atoms with Crippen molar-refractivity contribution in [1.82, 2.24) is 5.32 Å². The smallest absolute Gasteiger partial charge is 0.408 e. The van der Waals surface area contributed by atoms with Crippen LogP contribution in [0.25, 0.3) is 0 Å². The second kappa shape index (κ2) is 9.80. The fourth-order valence-corrected chi connectivity index (χ4v) is 2.80. The maximum Gasteiger partial charge on any atom is 0.408 e. The Balaban J connectivity index is 2.30. The molecule has 0 radical (unpaired) electrons. The topological polar surface area (TPSA) is 131 Å². The first-order valence-corrected chi connectivity index (χ1v) is 9.51. The van der Waals surface area contributed by atoms with E-state index in [1.807, 2.05) is 36.4 Å². The van der Waals surface area contributed by atoms with Crippen molar-refractivity contribution in [3.63, 3.8) is 0 Å². The zero-order valence-electron chi connectivity index (χ0n) is 18.1. The average Bonchev–Trinajstić information content (AvgIpc) is 3.00. The number of carbonyl (C=O) groups is 3. The number of nitriles is 1. The molecule has 164 valence electrons. The minimum absolute atomic E-state index is 0.0694. The highest BCUT2D eigenvalue weighted by atomic mass is 16.6. The predicted molar refractivity (Wildman–Crippen MR) is 111 cm³/mol. The zero-order valence-corrected chi connectivity index (χ0v) is 18.1. The van der Waals surface area contributed by atoms with E-state index in [1.54, 1.807) is 20.8 Å². The number of anilines is 1. The van der Waals surface area contributed by atoms with Gasteiger partial charge in [-0.2, -0.15) is 5.26 Å². The molecule has 9 heteroatoms. The molecule has 2 N–H and O–H groups in total. The molecule has 9 nitrogen and oxygen atoms in total. The third kappa shape index (κ3) is 6.34. The Morgan fingerprint density at radius 3 is 2.39 bits per heavy atom. The molecule has 1 heterocycles. The largest absolute Gasteiger partial charge is 0.465 e. The van der Waals surface area contributed by atoms with Crippen molar-refractivity contribution in [1.29, 1.82) is 5.26 Å². The Hall–Kier alpha value is -3.80. The van der Waals surface area contributed by atoms with Crippen molar-refractivity contribution in [2.24, 2.45) is 0 Å². The van der Waals surface area contributed by atoms with Crippen LogP contribution in [0.3, 0.4) is 0 Å². The Morgan fingerprint density at radius 2 is 1.84 bits per heavy atom. The number of hydrogen-bond acceptors (Lipinski definition) is 7. The molecule has 0 saturated carbocycles. The predicted octanol–water partition coefficient (Wildman–Crippen LogP) is 3.32. The van der Waals surface area contributed by atoms with Gasteiger partial charge in [0.2, 0.25) is 11.8 Å². The molecule has 1 aromatic carbocycles. The van der Waals surface area contributed by atoms with Gasteiger partial charge < -0.3 is 19.2 Å². The van der Waals surface area contributed by atoms with Crippen LogP contribution < -0.4 is 10.6 Å². The van der Waals surface area contributed by atoms with Crippen molar-refractivity contribution in [2.45, 2.75) is 45.8 Å². The van der Waals surface area contributed by atoms with E-state index in [1.165, 1.54) is 14.0 Å². The standard InChI is InChI=1S/C22H25N3O6/c1-13-17(20(27)29-5)15(12-23)19(30-13)25-18(26)16(11-14-9-7-6-8-10-14)24-21(28)31-22(2,3)4/h6-10,16H,11H2,1-5H3,(H,24,28)(H,25,26). The summed E-state index contributed by atoms with van der Waals surface area (Å²) in [5.41, 5.74) is -0.183. The van der Waals surface area contributed by atoms with E-state index in [-0.39, 0.29) is 29.2 Å². The van der Waals surface area contributed by atoms with Crippen LogP contribution in [0.15, 0.2) is 34.7 Å². The van der Waals surface area contributed by atoms with Crippen molar-refractivity contribution in [3.05, 3.63) is 52.8 Å². The van der Waals surface area contributed by atoms with Crippen LogP contribution in [0.1, 0.15) is 48.0 Å².